The molecule has 1 aliphatic carbocycles. The molecule has 1 heterocycles. The number of anilines is 2. The molecule has 6 nitrogen and oxygen atoms in total. The standard InChI is InChI=1S/C17H18N4O2/c1-2-15-18-9-14(10-19-15)21-17(23)16(22)20-13-7-6-11-4-3-5-12(11)8-13/h6-10H,2-5H2,1H3,(H,20,22)(H,21,23). The Bertz CT molecular complexity index is 741. The van der Waals surface area contributed by atoms with E-state index in [2.05, 4.69) is 20.6 Å². The van der Waals surface area contributed by atoms with E-state index in [1.165, 1.54) is 23.5 Å². The number of aromatic nitrogens is 2. The van der Waals surface area contributed by atoms with Gasteiger partial charge in [-0.1, -0.05) is 13.0 Å². The van der Waals surface area contributed by atoms with Crippen LogP contribution in [0.1, 0.15) is 30.3 Å². The topological polar surface area (TPSA) is 84.0 Å². The normalized spacial score (nSPS) is 12.6. The molecule has 0 bridgehead atoms. The summed E-state index contributed by atoms with van der Waals surface area (Å²) in [6, 6.07) is 5.77. The Kier molecular flexibility index (Phi) is 4.32. The molecule has 2 amide bonds. The third-order valence-corrected chi connectivity index (χ3v) is 3.84. The zero-order valence-electron chi connectivity index (χ0n) is 12.9. The highest BCUT2D eigenvalue weighted by atomic mass is 16.2. The maximum atomic E-state index is 12.0. The van der Waals surface area contributed by atoms with Crippen LogP contribution in [-0.2, 0) is 28.9 Å². The number of carbonyl (C=O) groups is 2. The van der Waals surface area contributed by atoms with E-state index in [1.807, 2.05) is 25.1 Å². The summed E-state index contributed by atoms with van der Waals surface area (Å²) in [5.41, 5.74) is 3.60. The monoisotopic (exact) mass is 310 g/mol. The van der Waals surface area contributed by atoms with Crippen molar-refractivity contribution in [3.63, 3.8) is 0 Å². The molecule has 0 aliphatic heterocycles. The van der Waals surface area contributed by atoms with Crippen molar-refractivity contribution in [2.24, 2.45) is 0 Å². The minimum atomic E-state index is -0.738. The summed E-state index contributed by atoms with van der Waals surface area (Å²) in [7, 11) is 0. The smallest absolute Gasteiger partial charge is 0.314 e. The number of aryl methyl sites for hydroxylation is 3. The number of amides is 2. The zero-order chi connectivity index (χ0) is 16.2. The average molecular weight is 310 g/mol. The second-order valence-corrected chi connectivity index (χ2v) is 5.49. The van der Waals surface area contributed by atoms with Crippen LogP contribution < -0.4 is 10.6 Å². The Morgan fingerprint density at radius 2 is 1.65 bits per heavy atom. The van der Waals surface area contributed by atoms with E-state index in [-0.39, 0.29) is 0 Å². The summed E-state index contributed by atoms with van der Waals surface area (Å²) in [6.07, 6.45) is 6.94. The van der Waals surface area contributed by atoms with Gasteiger partial charge in [-0.05, 0) is 42.5 Å². The fourth-order valence-corrected chi connectivity index (χ4v) is 2.63. The van der Waals surface area contributed by atoms with Crippen molar-refractivity contribution in [1.29, 1.82) is 0 Å². The highest BCUT2D eigenvalue weighted by molar-refractivity contribution is 6.43. The number of nitrogens with zero attached hydrogens (tertiary/aromatic N) is 2. The number of carbonyl (C=O) groups excluding carboxylic acids is 2. The molecule has 3 rings (SSSR count). The van der Waals surface area contributed by atoms with Crippen LogP contribution in [0.15, 0.2) is 30.6 Å². The molecule has 2 aromatic rings. The van der Waals surface area contributed by atoms with Gasteiger partial charge in [-0.3, -0.25) is 9.59 Å². The van der Waals surface area contributed by atoms with Crippen LogP contribution in [0.3, 0.4) is 0 Å². The van der Waals surface area contributed by atoms with Crippen LogP contribution in [0.5, 0.6) is 0 Å². The lowest BCUT2D eigenvalue weighted by Gasteiger charge is -2.08. The summed E-state index contributed by atoms with van der Waals surface area (Å²) >= 11 is 0. The fraction of sp³-hybridized carbons (Fsp3) is 0.294. The van der Waals surface area contributed by atoms with Gasteiger partial charge in [0.2, 0.25) is 0 Å². The molecule has 23 heavy (non-hydrogen) atoms. The maximum absolute atomic E-state index is 12.0. The second-order valence-electron chi connectivity index (χ2n) is 5.49. The van der Waals surface area contributed by atoms with Gasteiger partial charge in [-0.25, -0.2) is 9.97 Å². The van der Waals surface area contributed by atoms with Crippen molar-refractivity contribution in [2.75, 3.05) is 10.6 Å². The highest BCUT2D eigenvalue weighted by Gasteiger charge is 2.16. The molecule has 0 spiro atoms. The zero-order valence-corrected chi connectivity index (χ0v) is 12.9. The van der Waals surface area contributed by atoms with Crippen LogP contribution in [0.2, 0.25) is 0 Å². The molecule has 0 unspecified atom stereocenters. The van der Waals surface area contributed by atoms with Crippen LogP contribution in [-0.4, -0.2) is 21.8 Å². The molecule has 1 aromatic heterocycles. The van der Waals surface area contributed by atoms with E-state index in [0.717, 1.165) is 19.3 Å². The molecule has 0 atom stereocenters. The lowest BCUT2D eigenvalue weighted by Crippen LogP contribution is -2.29. The number of rotatable bonds is 3. The number of hydrogen-bond acceptors (Lipinski definition) is 4. The van der Waals surface area contributed by atoms with Gasteiger partial charge in [-0.2, -0.15) is 0 Å². The summed E-state index contributed by atoms with van der Waals surface area (Å²) in [5.74, 6) is -0.758. The first-order valence-corrected chi connectivity index (χ1v) is 7.71. The number of nitrogens with one attached hydrogen (secondary N) is 2. The Labute approximate surface area is 134 Å². The van der Waals surface area contributed by atoms with Gasteiger partial charge in [0, 0.05) is 12.1 Å². The van der Waals surface area contributed by atoms with Gasteiger partial charge in [0.15, 0.2) is 0 Å². The van der Waals surface area contributed by atoms with Gasteiger partial charge in [-0.15, -0.1) is 0 Å². The maximum Gasteiger partial charge on any atom is 0.314 e. The first-order chi connectivity index (χ1) is 11.2. The van der Waals surface area contributed by atoms with Gasteiger partial charge in [0.05, 0.1) is 18.1 Å². The lowest BCUT2D eigenvalue weighted by atomic mass is 10.1. The predicted octanol–water partition coefficient (Wildman–Crippen LogP) is 2.10. The van der Waals surface area contributed by atoms with Crippen molar-refractivity contribution in [2.45, 2.75) is 32.6 Å². The number of fused-ring (bicyclic) bond motifs is 1. The minimum Gasteiger partial charge on any atom is -0.318 e. The third-order valence-electron chi connectivity index (χ3n) is 3.84. The minimum absolute atomic E-state index is 0.399. The van der Waals surface area contributed by atoms with E-state index >= 15 is 0 Å². The third kappa shape index (κ3) is 3.53. The van der Waals surface area contributed by atoms with Gasteiger partial charge >= 0.3 is 11.8 Å². The van der Waals surface area contributed by atoms with E-state index in [4.69, 9.17) is 0 Å². The molecule has 1 aromatic carbocycles. The van der Waals surface area contributed by atoms with Crippen LogP contribution in [0.25, 0.3) is 0 Å². The summed E-state index contributed by atoms with van der Waals surface area (Å²) < 4.78 is 0. The van der Waals surface area contributed by atoms with E-state index < -0.39 is 11.8 Å². The van der Waals surface area contributed by atoms with Crippen LogP contribution >= 0.6 is 0 Å². The van der Waals surface area contributed by atoms with Crippen LogP contribution in [0.4, 0.5) is 11.4 Å². The molecule has 118 valence electrons. The molecule has 1 aliphatic rings. The Balaban J connectivity index is 1.62. The Morgan fingerprint density at radius 1 is 1.00 bits per heavy atom. The van der Waals surface area contributed by atoms with Gasteiger partial charge < -0.3 is 10.6 Å². The molecule has 0 fully saturated rings. The Hall–Kier alpha value is -2.76. The molecule has 2 N–H and O–H groups in total. The van der Waals surface area contributed by atoms with Crippen molar-refractivity contribution in [3.8, 4) is 0 Å². The summed E-state index contributed by atoms with van der Waals surface area (Å²) in [6.45, 7) is 1.94. The van der Waals surface area contributed by atoms with E-state index in [9.17, 15) is 9.59 Å². The van der Waals surface area contributed by atoms with Crippen molar-refractivity contribution >= 4 is 23.2 Å². The average Bonchev–Trinajstić information content (AvgIpc) is 3.03. The first-order valence-electron chi connectivity index (χ1n) is 7.71. The highest BCUT2D eigenvalue weighted by Crippen LogP contribution is 2.24. The number of hydrogen-bond donors (Lipinski definition) is 2. The molecule has 0 radical (unpaired) electrons. The van der Waals surface area contributed by atoms with Crippen LogP contribution in [0, 0.1) is 0 Å². The molecule has 0 saturated heterocycles. The number of benzene rings is 1. The SMILES string of the molecule is CCc1ncc(NC(=O)C(=O)Nc2ccc3c(c2)CCC3)cn1. The van der Waals surface area contributed by atoms with Crippen molar-refractivity contribution < 1.29 is 9.59 Å². The predicted molar refractivity (Wildman–Crippen MR) is 87.1 cm³/mol. The van der Waals surface area contributed by atoms with Crippen molar-refractivity contribution in [3.05, 3.63) is 47.5 Å². The second kappa shape index (κ2) is 6.56. The molecular formula is C17H18N4O2. The largest absolute Gasteiger partial charge is 0.318 e. The van der Waals surface area contributed by atoms with E-state index in [1.54, 1.807) is 0 Å². The Morgan fingerprint density at radius 3 is 2.35 bits per heavy atom. The van der Waals surface area contributed by atoms with Gasteiger partial charge in [0.25, 0.3) is 0 Å². The van der Waals surface area contributed by atoms with E-state index in [0.29, 0.717) is 23.6 Å². The molecular weight excluding hydrogens is 292 g/mol. The molecule has 0 saturated carbocycles. The first kappa shape index (κ1) is 15.1. The van der Waals surface area contributed by atoms with Crippen molar-refractivity contribution in [1.82, 2.24) is 9.97 Å². The fourth-order valence-electron chi connectivity index (χ4n) is 2.63. The summed E-state index contributed by atoms with van der Waals surface area (Å²) in [5, 5.41) is 5.11. The quantitative estimate of drug-likeness (QED) is 0.850. The summed E-state index contributed by atoms with van der Waals surface area (Å²) in [4.78, 5) is 32.1. The van der Waals surface area contributed by atoms with Gasteiger partial charge in [0.1, 0.15) is 5.82 Å². The molecule has 6 heteroatoms. The lowest BCUT2D eigenvalue weighted by molar-refractivity contribution is -0.133.